The average Bonchev–Trinajstić information content (AvgIpc) is 3.27. The van der Waals surface area contributed by atoms with E-state index in [1.54, 1.807) is 0 Å². The van der Waals surface area contributed by atoms with Gasteiger partial charge in [-0.1, -0.05) is 279 Å². The Labute approximate surface area is 393 Å². The maximum atomic E-state index is 12.8. The molecular weight excluding hydrogens is 781 g/mol. The number of ether oxygens (including phenoxy) is 3. The van der Waals surface area contributed by atoms with Gasteiger partial charge in [-0.05, 0) is 31.1 Å². The fourth-order valence-corrected chi connectivity index (χ4v) is 8.66. The largest absolute Gasteiger partial charge is 0.462 e. The molecule has 0 heterocycles. The van der Waals surface area contributed by atoms with Crippen molar-refractivity contribution in [2.75, 3.05) is 13.2 Å². The lowest BCUT2D eigenvalue weighted by atomic mass is 9.99. The van der Waals surface area contributed by atoms with E-state index in [1.165, 1.54) is 205 Å². The Morgan fingerprint density at radius 2 is 0.603 bits per heavy atom. The first-order valence-corrected chi connectivity index (χ1v) is 28.3. The van der Waals surface area contributed by atoms with Crippen LogP contribution in [0.3, 0.4) is 0 Å². The molecular formula is C57H110O6. The van der Waals surface area contributed by atoms with E-state index in [1.807, 2.05) is 0 Å². The van der Waals surface area contributed by atoms with Crippen molar-refractivity contribution >= 4 is 17.9 Å². The molecule has 0 radical (unpaired) electrons. The van der Waals surface area contributed by atoms with Crippen molar-refractivity contribution in [3.8, 4) is 0 Å². The number of rotatable bonds is 51. The zero-order valence-corrected chi connectivity index (χ0v) is 43.2. The lowest BCUT2D eigenvalue weighted by Gasteiger charge is -2.18. The van der Waals surface area contributed by atoms with Crippen molar-refractivity contribution in [2.45, 2.75) is 323 Å². The van der Waals surface area contributed by atoms with Crippen molar-refractivity contribution in [1.82, 2.24) is 0 Å². The second-order valence-electron chi connectivity index (χ2n) is 20.3. The molecule has 0 bridgehead atoms. The zero-order valence-electron chi connectivity index (χ0n) is 43.2. The van der Waals surface area contributed by atoms with Gasteiger partial charge in [0.05, 0.1) is 0 Å². The molecule has 0 saturated carbocycles. The minimum atomic E-state index is -0.763. The molecule has 0 fully saturated rings. The van der Waals surface area contributed by atoms with Gasteiger partial charge in [0.1, 0.15) is 13.2 Å². The third-order valence-corrected chi connectivity index (χ3v) is 13.3. The van der Waals surface area contributed by atoms with Crippen LogP contribution in [0.15, 0.2) is 0 Å². The highest BCUT2D eigenvalue weighted by molar-refractivity contribution is 5.71. The number of esters is 3. The Morgan fingerprint density at radius 3 is 0.905 bits per heavy atom. The van der Waals surface area contributed by atoms with Gasteiger partial charge in [0.2, 0.25) is 0 Å². The second kappa shape index (κ2) is 49.8. The minimum Gasteiger partial charge on any atom is -0.462 e. The molecule has 0 aromatic carbocycles. The van der Waals surface area contributed by atoms with Crippen LogP contribution in [0.1, 0.15) is 317 Å². The van der Waals surface area contributed by atoms with Crippen LogP contribution >= 0.6 is 0 Å². The quantitative estimate of drug-likeness (QED) is 0.0344. The molecule has 1 unspecified atom stereocenters. The van der Waals surface area contributed by atoms with E-state index in [-0.39, 0.29) is 31.1 Å². The van der Waals surface area contributed by atoms with Crippen LogP contribution in [-0.2, 0) is 28.6 Å². The molecule has 374 valence electrons. The first-order chi connectivity index (χ1) is 30.8. The van der Waals surface area contributed by atoms with E-state index in [9.17, 15) is 14.4 Å². The summed E-state index contributed by atoms with van der Waals surface area (Å²) in [5, 5.41) is 0. The third kappa shape index (κ3) is 49.7. The maximum Gasteiger partial charge on any atom is 0.306 e. The first kappa shape index (κ1) is 61.4. The number of carbonyl (C=O) groups excluding carboxylic acids is 3. The van der Waals surface area contributed by atoms with Crippen LogP contribution in [0.25, 0.3) is 0 Å². The summed E-state index contributed by atoms with van der Waals surface area (Å²) in [4.78, 5) is 38.1. The summed E-state index contributed by atoms with van der Waals surface area (Å²) in [6, 6.07) is 0. The summed E-state index contributed by atoms with van der Waals surface area (Å²) in [7, 11) is 0. The Kier molecular flexibility index (Phi) is 48.6. The monoisotopic (exact) mass is 891 g/mol. The maximum absolute atomic E-state index is 12.8. The smallest absolute Gasteiger partial charge is 0.306 e. The van der Waals surface area contributed by atoms with Crippen molar-refractivity contribution in [3.63, 3.8) is 0 Å². The molecule has 0 spiro atoms. The molecule has 0 rings (SSSR count). The standard InChI is InChI=1S/C57H110O6/c1-6-8-9-10-11-12-13-14-15-16-17-18-19-20-29-34-39-44-49-57(60)63-54(50-61-55(58)47-42-37-32-27-23-21-25-30-35-40-45-52(3)4)51-62-56(59)48-43-38-33-28-24-22-26-31-36-41-46-53(5)7-2/h52-54H,6-51H2,1-5H3/t53?,54-/m1/s1. The average molecular weight is 892 g/mol. The number of unbranched alkanes of at least 4 members (excludes halogenated alkanes) is 35. The number of hydrogen-bond acceptors (Lipinski definition) is 6. The van der Waals surface area contributed by atoms with Crippen LogP contribution in [0.2, 0.25) is 0 Å². The van der Waals surface area contributed by atoms with E-state index in [0.717, 1.165) is 69.6 Å². The Bertz CT molecular complexity index is 964. The van der Waals surface area contributed by atoms with E-state index >= 15 is 0 Å². The number of hydrogen-bond donors (Lipinski definition) is 0. The highest BCUT2D eigenvalue weighted by Gasteiger charge is 2.19. The molecule has 0 aromatic heterocycles. The van der Waals surface area contributed by atoms with Gasteiger partial charge in [-0.3, -0.25) is 14.4 Å². The summed E-state index contributed by atoms with van der Waals surface area (Å²) < 4.78 is 16.9. The van der Waals surface area contributed by atoms with Gasteiger partial charge < -0.3 is 14.2 Å². The highest BCUT2D eigenvalue weighted by atomic mass is 16.6. The number of carbonyl (C=O) groups is 3. The van der Waals surface area contributed by atoms with Crippen LogP contribution in [0, 0.1) is 11.8 Å². The highest BCUT2D eigenvalue weighted by Crippen LogP contribution is 2.18. The summed E-state index contributed by atoms with van der Waals surface area (Å²) >= 11 is 0. The molecule has 0 saturated heterocycles. The first-order valence-electron chi connectivity index (χ1n) is 28.3. The third-order valence-electron chi connectivity index (χ3n) is 13.3. The summed E-state index contributed by atoms with van der Waals surface area (Å²) in [6.45, 7) is 11.4. The normalized spacial score (nSPS) is 12.5. The molecule has 0 aliphatic heterocycles. The second-order valence-corrected chi connectivity index (χ2v) is 20.3. The fraction of sp³-hybridized carbons (Fsp3) is 0.947. The summed E-state index contributed by atoms with van der Waals surface area (Å²) in [5.74, 6) is 0.845. The molecule has 6 nitrogen and oxygen atoms in total. The van der Waals surface area contributed by atoms with Gasteiger partial charge in [-0.15, -0.1) is 0 Å². The molecule has 0 aliphatic rings. The predicted octanol–water partition coefficient (Wildman–Crippen LogP) is 18.5. The van der Waals surface area contributed by atoms with Crippen LogP contribution in [0.5, 0.6) is 0 Å². The zero-order chi connectivity index (χ0) is 46.1. The lowest BCUT2D eigenvalue weighted by Crippen LogP contribution is -2.30. The van der Waals surface area contributed by atoms with Gasteiger partial charge in [-0.25, -0.2) is 0 Å². The molecule has 0 amide bonds. The van der Waals surface area contributed by atoms with E-state index < -0.39 is 6.10 Å². The van der Waals surface area contributed by atoms with Crippen molar-refractivity contribution in [2.24, 2.45) is 11.8 Å². The van der Waals surface area contributed by atoms with Crippen LogP contribution in [-0.4, -0.2) is 37.2 Å². The molecule has 6 heteroatoms. The molecule has 0 N–H and O–H groups in total. The van der Waals surface area contributed by atoms with E-state index in [2.05, 4.69) is 34.6 Å². The SMILES string of the molecule is CCCCCCCCCCCCCCCCCCCCC(=O)O[C@H](COC(=O)CCCCCCCCCCCCC(C)C)COC(=O)CCCCCCCCCCCCC(C)CC. The van der Waals surface area contributed by atoms with Gasteiger partial charge in [-0.2, -0.15) is 0 Å². The molecule has 0 aromatic rings. The Balaban J connectivity index is 4.30. The van der Waals surface area contributed by atoms with Crippen LogP contribution in [0.4, 0.5) is 0 Å². The lowest BCUT2D eigenvalue weighted by molar-refractivity contribution is -0.167. The van der Waals surface area contributed by atoms with Gasteiger partial charge >= 0.3 is 17.9 Å². The summed E-state index contributed by atoms with van der Waals surface area (Å²) in [6.07, 6.45) is 52.3. The van der Waals surface area contributed by atoms with Crippen molar-refractivity contribution in [3.05, 3.63) is 0 Å². The summed E-state index contributed by atoms with van der Waals surface area (Å²) in [5.41, 5.74) is 0. The fourth-order valence-electron chi connectivity index (χ4n) is 8.66. The Morgan fingerprint density at radius 1 is 0.333 bits per heavy atom. The van der Waals surface area contributed by atoms with Crippen LogP contribution < -0.4 is 0 Å². The molecule has 2 atom stereocenters. The minimum absolute atomic E-state index is 0.0634. The van der Waals surface area contributed by atoms with E-state index in [0.29, 0.717) is 19.3 Å². The predicted molar refractivity (Wildman–Crippen MR) is 270 cm³/mol. The van der Waals surface area contributed by atoms with Gasteiger partial charge in [0, 0.05) is 19.3 Å². The van der Waals surface area contributed by atoms with Gasteiger partial charge in [0.25, 0.3) is 0 Å². The van der Waals surface area contributed by atoms with Crippen molar-refractivity contribution < 1.29 is 28.6 Å². The van der Waals surface area contributed by atoms with Crippen molar-refractivity contribution in [1.29, 1.82) is 0 Å². The topological polar surface area (TPSA) is 78.9 Å². The Hall–Kier alpha value is -1.59. The molecule has 0 aliphatic carbocycles. The van der Waals surface area contributed by atoms with E-state index in [4.69, 9.17) is 14.2 Å². The van der Waals surface area contributed by atoms with Gasteiger partial charge in [0.15, 0.2) is 6.10 Å². The molecule has 63 heavy (non-hydrogen) atoms.